The van der Waals surface area contributed by atoms with Crippen LogP contribution in [-0.4, -0.2) is 44.1 Å². The molecule has 0 aliphatic heterocycles. The van der Waals surface area contributed by atoms with E-state index in [2.05, 4.69) is 5.32 Å². The number of amides is 1. The first-order chi connectivity index (χ1) is 14.3. The fraction of sp³-hybridized carbons (Fsp3) is 0.364. The number of anilines is 1. The summed E-state index contributed by atoms with van der Waals surface area (Å²) in [7, 11) is -3.61. The standard InChI is InChI=1S/C22H28N2O5S/c1-4-24(5-2)30(27,28)20-9-7-8-18(16-20)23-22(26)15-14-21(25)17-10-12-19(13-11-17)29-6-3/h7-13,16H,4-6,14-15H2,1-3H3,(H,23,26). The number of carbonyl (C=O) groups excluding carboxylic acids is 2. The lowest BCUT2D eigenvalue weighted by Gasteiger charge is -2.18. The Labute approximate surface area is 178 Å². The number of ether oxygens (including phenoxy) is 1. The van der Waals surface area contributed by atoms with Crippen LogP contribution in [0.15, 0.2) is 53.4 Å². The Kier molecular flexibility index (Phi) is 8.56. The number of hydrogen-bond acceptors (Lipinski definition) is 5. The van der Waals surface area contributed by atoms with Crippen molar-refractivity contribution >= 4 is 27.4 Å². The van der Waals surface area contributed by atoms with Gasteiger partial charge in [0.05, 0.1) is 11.5 Å². The zero-order valence-electron chi connectivity index (χ0n) is 17.6. The predicted octanol–water partition coefficient (Wildman–Crippen LogP) is 3.72. The quantitative estimate of drug-likeness (QED) is 0.546. The second kappa shape index (κ2) is 10.9. The SMILES string of the molecule is CCOc1ccc(C(=O)CCC(=O)Nc2cccc(S(=O)(=O)N(CC)CC)c2)cc1. The average Bonchev–Trinajstić information content (AvgIpc) is 2.73. The second-order valence-corrected chi connectivity index (χ2v) is 8.48. The van der Waals surface area contributed by atoms with Gasteiger partial charge in [0.15, 0.2) is 5.78 Å². The number of hydrogen-bond donors (Lipinski definition) is 1. The number of ketones is 1. The van der Waals surface area contributed by atoms with Crippen LogP contribution in [0, 0.1) is 0 Å². The number of Topliss-reactive ketones (excluding diaryl/α,β-unsaturated/α-hetero) is 1. The minimum absolute atomic E-state index is 0.000925. The first kappa shape index (κ1) is 23.6. The zero-order valence-corrected chi connectivity index (χ0v) is 18.4. The molecule has 162 valence electrons. The molecular formula is C22H28N2O5S. The highest BCUT2D eigenvalue weighted by atomic mass is 32.2. The summed E-state index contributed by atoms with van der Waals surface area (Å²) in [5, 5.41) is 2.67. The Morgan fingerprint density at radius 1 is 0.967 bits per heavy atom. The summed E-state index contributed by atoms with van der Waals surface area (Å²) in [4.78, 5) is 24.7. The molecule has 2 aromatic carbocycles. The molecular weight excluding hydrogens is 404 g/mol. The van der Waals surface area contributed by atoms with Crippen molar-refractivity contribution in [1.82, 2.24) is 4.31 Å². The second-order valence-electron chi connectivity index (χ2n) is 6.55. The molecule has 0 atom stereocenters. The van der Waals surface area contributed by atoms with Crippen LogP contribution >= 0.6 is 0 Å². The van der Waals surface area contributed by atoms with Gasteiger partial charge < -0.3 is 10.1 Å². The molecule has 2 aromatic rings. The maximum atomic E-state index is 12.6. The van der Waals surface area contributed by atoms with Crippen LogP contribution in [0.2, 0.25) is 0 Å². The van der Waals surface area contributed by atoms with E-state index < -0.39 is 10.0 Å². The molecule has 0 aliphatic carbocycles. The van der Waals surface area contributed by atoms with Gasteiger partial charge in [-0.3, -0.25) is 9.59 Å². The number of nitrogens with one attached hydrogen (secondary N) is 1. The van der Waals surface area contributed by atoms with Gasteiger partial charge in [0.1, 0.15) is 5.75 Å². The Hall–Kier alpha value is -2.71. The monoisotopic (exact) mass is 432 g/mol. The highest BCUT2D eigenvalue weighted by Gasteiger charge is 2.22. The van der Waals surface area contributed by atoms with Crippen molar-refractivity contribution in [2.45, 2.75) is 38.5 Å². The lowest BCUT2D eigenvalue weighted by Crippen LogP contribution is -2.30. The molecule has 1 amide bonds. The van der Waals surface area contributed by atoms with E-state index in [1.165, 1.54) is 16.4 Å². The van der Waals surface area contributed by atoms with Crippen LogP contribution < -0.4 is 10.1 Å². The van der Waals surface area contributed by atoms with Gasteiger partial charge >= 0.3 is 0 Å². The fourth-order valence-electron chi connectivity index (χ4n) is 2.95. The van der Waals surface area contributed by atoms with Crippen LogP contribution in [0.4, 0.5) is 5.69 Å². The smallest absolute Gasteiger partial charge is 0.243 e. The molecule has 7 nitrogen and oxygen atoms in total. The fourth-order valence-corrected chi connectivity index (χ4v) is 4.45. The molecule has 0 bridgehead atoms. The number of rotatable bonds is 11. The Bertz CT molecular complexity index is 967. The van der Waals surface area contributed by atoms with E-state index >= 15 is 0 Å². The number of nitrogens with zero attached hydrogens (tertiary/aromatic N) is 1. The van der Waals surface area contributed by atoms with Crippen molar-refractivity contribution in [3.05, 3.63) is 54.1 Å². The van der Waals surface area contributed by atoms with E-state index in [0.717, 1.165) is 0 Å². The third-order valence-electron chi connectivity index (χ3n) is 4.53. The van der Waals surface area contributed by atoms with Gasteiger partial charge in [-0.25, -0.2) is 8.42 Å². The van der Waals surface area contributed by atoms with Crippen molar-refractivity contribution in [2.24, 2.45) is 0 Å². The van der Waals surface area contributed by atoms with Gasteiger partial charge in [-0.2, -0.15) is 4.31 Å². The summed E-state index contributed by atoms with van der Waals surface area (Å²) >= 11 is 0. The number of sulfonamides is 1. The van der Waals surface area contributed by atoms with Gasteiger partial charge in [-0.15, -0.1) is 0 Å². The molecule has 0 heterocycles. The Balaban J connectivity index is 1.97. The largest absolute Gasteiger partial charge is 0.494 e. The van der Waals surface area contributed by atoms with E-state index in [0.29, 0.717) is 36.7 Å². The average molecular weight is 433 g/mol. The molecule has 2 rings (SSSR count). The molecule has 0 unspecified atom stereocenters. The summed E-state index contributed by atoms with van der Waals surface area (Å²) in [5.41, 5.74) is 0.889. The van der Waals surface area contributed by atoms with Crippen molar-refractivity contribution in [1.29, 1.82) is 0 Å². The van der Waals surface area contributed by atoms with Gasteiger partial charge in [-0.1, -0.05) is 19.9 Å². The van der Waals surface area contributed by atoms with E-state index in [1.54, 1.807) is 50.2 Å². The maximum Gasteiger partial charge on any atom is 0.243 e. The lowest BCUT2D eigenvalue weighted by molar-refractivity contribution is -0.116. The molecule has 0 aliphatic rings. The molecule has 30 heavy (non-hydrogen) atoms. The van der Waals surface area contributed by atoms with E-state index in [4.69, 9.17) is 4.74 Å². The lowest BCUT2D eigenvalue weighted by atomic mass is 10.1. The van der Waals surface area contributed by atoms with E-state index in [-0.39, 0.29) is 29.4 Å². The summed E-state index contributed by atoms with van der Waals surface area (Å²) in [6.45, 7) is 6.70. The van der Waals surface area contributed by atoms with Gasteiger partial charge in [0, 0.05) is 37.2 Å². The van der Waals surface area contributed by atoms with Gasteiger partial charge in [0.25, 0.3) is 0 Å². The van der Waals surface area contributed by atoms with Gasteiger partial charge in [-0.05, 0) is 49.4 Å². The van der Waals surface area contributed by atoms with E-state index in [9.17, 15) is 18.0 Å². The molecule has 0 saturated carbocycles. The maximum absolute atomic E-state index is 12.6. The molecule has 1 N–H and O–H groups in total. The minimum atomic E-state index is -3.61. The number of benzene rings is 2. The summed E-state index contributed by atoms with van der Waals surface area (Å²) in [5.74, 6) is 0.184. The third-order valence-corrected chi connectivity index (χ3v) is 6.57. The summed E-state index contributed by atoms with van der Waals surface area (Å²) in [6, 6.07) is 12.9. The molecule has 0 radical (unpaired) electrons. The summed E-state index contributed by atoms with van der Waals surface area (Å²) < 4.78 is 32.0. The first-order valence-electron chi connectivity index (χ1n) is 9.97. The first-order valence-corrected chi connectivity index (χ1v) is 11.4. The highest BCUT2D eigenvalue weighted by molar-refractivity contribution is 7.89. The summed E-state index contributed by atoms with van der Waals surface area (Å²) in [6.07, 6.45) is 0.0519. The molecule has 0 saturated heterocycles. The van der Waals surface area contributed by atoms with Crippen LogP contribution in [0.25, 0.3) is 0 Å². The van der Waals surface area contributed by atoms with E-state index in [1.807, 2.05) is 6.92 Å². The van der Waals surface area contributed by atoms with Crippen molar-refractivity contribution in [3.63, 3.8) is 0 Å². The van der Waals surface area contributed by atoms with Crippen molar-refractivity contribution in [2.75, 3.05) is 25.0 Å². The Morgan fingerprint density at radius 3 is 2.23 bits per heavy atom. The molecule has 0 fully saturated rings. The van der Waals surface area contributed by atoms with Crippen LogP contribution in [0.3, 0.4) is 0 Å². The minimum Gasteiger partial charge on any atom is -0.494 e. The van der Waals surface area contributed by atoms with Crippen molar-refractivity contribution < 1.29 is 22.7 Å². The van der Waals surface area contributed by atoms with Crippen molar-refractivity contribution in [3.8, 4) is 5.75 Å². The van der Waals surface area contributed by atoms with Gasteiger partial charge in [0.2, 0.25) is 15.9 Å². The zero-order chi connectivity index (χ0) is 22.1. The normalized spacial score (nSPS) is 11.3. The van der Waals surface area contributed by atoms with Crippen LogP contribution in [0.5, 0.6) is 5.75 Å². The Morgan fingerprint density at radius 2 is 1.63 bits per heavy atom. The van der Waals surface area contributed by atoms with Crippen LogP contribution in [-0.2, 0) is 14.8 Å². The molecule has 0 spiro atoms. The van der Waals surface area contributed by atoms with Crippen LogP contribution in [0.1, 0.15) is 44.0 Å². The predicted molar refractivity (Wildman–Crippen MR) is 116 cm³/mol. The topological polar surface area (TPSA) is 92.8 Å². The molecule has 0 aromatic heterocycles. The third kappa shape index (κ3) is 6.14. The highest BCUT2D eigenvalue weighted by Crippen LogP contribution is 2.20. The number of carbonyl (C=O) groups is 2. The molecule has 8 heteroatoms.